The van der Waals surface area contributed by atoms with Gasteiger partial charge in [0.15, 0.2) is 5.25 Å². The summed E-state index contributed by atoms with van der Waals surface area (Å²) in [5.74, 6) is -4.15. The molecule has 0 rings (SSSR count). The van der Waals surface area contributed by atoms with Crippen LogP contribution in [-0.2, 0) is 20.1 Å². The van der Waals surface area contributed by atoms with Gasteiger partial charge in [0.25, 0.3) is 16.0 Å². The van der Waals surface area contributed by atoms with Gasteiger partial charge >= 0.3 is 0 Å². The van der Waals surface area contributed by atoms with Gasteiger partial charge in [0, 0.05) is 13.1 Å². The van der Waals surface area contributed by atoms with Gasteiger partial charge in [0.1, 0.15) is 4.75 Å². The first-order chi connectivity index (χ1) is 9.77. The third kappa shape index (κ3) is 3.44. The van der Waals surface area contributed by atoms with E-state index in [-0.39, 0.29) is 13.1 Å². The van der Waals surface area contributed by atoms with Gasteiger partial charge in [-0.2, -0.15) is 8.42 Å². The highest BCUT2D eigenvalue weighted by Crippen LogP contribution is 2.45. The third-order valence-electron chi connectivity index (χ3n) is 4.13. The molecule has 22 heavy (non-hydrogen) atoms. The topological polar surface area (TPSA) is 91.8 Å². The number of rotatable bonds is 9. The molecule has 0 amide bonds. The highest BCUT2D eigenvalue weighted by atomic mass is 32.2. The van der Waals surface area contributed by atoms with Crippen LogP contribution in [-0.4, -0.2) is 54.7 Å². The molecule has 10 heteroatoms. The predicted molar refractivity (Wildman–Crippen MR) is 81.1 cm³/mol. The molecule has 0 fully saturated rings. The third-order valence-corrected chi connectivity index (χ3v) is 8.37. The molecule has 0 saturated heterocycles. The van der Waals surface area contributed by atoms with Gasteiger partial charge < -0.3 is 0 Å². The SMILES string of the molecule is CCC(C(F)(F)C(C)(CC)S(=O)(=O)N(CC)CC)S(=O)(=O)O. The van der Waals surface area contributed by atoms with Gasteiger partial charge in [-0.3, -0.25) is 4.55 Å². The van der Waals surface area contributed by atoms with E-state index in [0.717, 1.165) is 18.2 Å². The molecule has 0 spiro atoms. The van der Waals surface area contributed by atoms with Crippen LogP contribution in [0.1, 0.15) is 47.5 Å². The molecule has 0 radical (unpaired) electrons. The Labute approximate surface area is 131 Å². The second-order valence-electron chi connectivity index (χ2n) is 5.21. The van der Waals surface area contributed by atoms with Crippen molar-refractivity contribution in [3.05, 3.63) is 0 Å². The van der Waals surface area contributed by atoms with Gasteiger partial charge in [-0.05, 0) is 19.8 Å². The van der Waals surface area contributed by atoms with Crippen LogP contribution in [0.5, 0.6) is 0 Å². The van der Waals surface area contributed by atoms with E-state index in [0.29, 0.717) is 0 Å². The molecule has 0 aliphatic rings. The monoisotopic (exact) mass is 365 g/mol. The Morgan fingerprint density at radius 2 is 1.45 bits per heavy atom. The minimum atomic E-state index is -5.10. The molecule has 2 unspecified atom stereocenters. The summed E-state index contributed by atoms with van der Waals surface area (Å²) in [6, 6.07) is 0. The van der Waals surface area contributed by atoms with Gasteiger partial charge in [-0.15, -0.1) is 0 Å². The second kappa shape index (κ2) is 7.06. The Hall–Kier alpha value is -0.320. The number of halogens is 2. The molecule has 0 aliphatic carbocycles. The second-order valence-corrected chi connectivity index (χ2v) is 9.18. The highest BCUT2D eigenvalue weighted by Gasteiger charge is 2.65. The van der Waals surface area contributed by atoms with E-state index in [2.05, 4.69) is 0 Å². The number of alkyl halides is 2. The van der Waals surface area contributed by atoms with Crippen molar-refractivity contribution < 1.29 is 30.2 Å². The fourth-order valence-electron chi connectivity index (χ4n) is 2.43. The minimum Gasteiger partial charge on any atom is -0.285 e. The lowest BCUT2D eigenvalue weighted by Crippen LogP contribution is -2.62. The minimum absolute atomic E-state index is 0.00678. The summed E-state index contributed by atoms with van der Waals surface area (Å²) in [4.78, 5) is 0. The lowest BCUT2D eigenvalue weighted by Gasteiger charge is -2.41. The number of hydrogen-bond donors (Lipinski definition) is 1. The largest absolute Gasteiger partial charge is 0.287 e. The summed E-state index contributed by atoms with van der Waals surface area (Å²) in [5.41, 5.74) is 0. The number of sulfonamides is 1. The van der Waals surface area contributed by atoms with Crippen molar-refractivity contribution in [2.24, 2.45) is 0 Å². The quantitative estimate of drug-likeness (QED) is 0.632. The Balaban J connectivity index is 6.33. The highest BCUT2D eigenvalue weighted by molar-refractivity contribution is 7.90. The van der Waals surface area contributed by atoms with Crippen LogP contribution in [0.2, 0.25) is 0 Å². The van der Waals surface area contributed by atoms with Crippen molar-refractivity contribution in [1.82, 2.24) is 4.31 Å². The van der Waals surface area contributed by atoms with Crippen molar-refractivity contribution >= 4 is 20.1 Å². The van der Waals surface area contributed by atoms with Crippen molar-refractivity contribution in [2.45, 2.75) is 63.4 Å². The number of hydrogen-bond acceptors (Lipinski definition) is 4. The van der Waals surface area contributed by atoms with E-state index in [1.54, 1.807) is 0 Å². The molecular weight excluding hydrogens is 340 g/mol. The molecule has 0 aromatic heterocycles. The van der Waals surface area contributed by atoms with E-state index in [1.807, 2.05) is 0 Å². The van der Waals surface area contributed by atoms with E-state index in [1.165, 1.54) is 20.8 Å². The molecule has 6 nitrogen and oxygen atoms in total. The fraction of sp³-hybridized carbons (Fsp3) is 1.00. The zero-order chi connectivity index (χ0) is 18.0. The molecule has 0 heterocycles. The van der Waals surface area contributed by atoms with E-state index < -0.39 is 48.9 Å². The maximum Gasteiger partial charge on any atom is 0.287 e. The van der Waals surface area contributed by atoms with Gasteiger partial charge in [-0.25, -0.2) is 21.5 Å². The maximum absolute atomic E-state index is 14.8. The van der Waals surface area contributed by atoms with Crippen molar-refractivity contribution in [2.75, 3.05) is 13.1 Å². The molecule has 2 atom stereocenters. The molecule has 1 N–H and O–H groups in total. The molecule has 0 bridgehead atoms. The van der Waals surface area contributed by atoms with Crippen LogP contribution in [0.4, 0.5) is 8.78 Å². The molecule has 0 saturated carbocycles. The molecular formula is C12H25F2NO5S2. The summed E-state index contributed by atoms with van der Waals surface area (Å²) >= 11 is 0. The van der Waals surface area contributed by atoms with Crippen molar-refractivity contribution in [3.8, 4) is 0 Å². The fourth-order valence-corrected chi connectivity index (χ4v) is 5.66. The molecule has 0 aliphatic heterocycles. The zero-order valence-corrected chi connectivity index (χ0v) is 15.1. The smallest absolute Gasteiger partial charge is 0.285 e. The van der Waals surface area contributed by atoms with Crippen LogP contribution in [0.25, 0.3) is 0 Å². The Morgan fingerprint density at radius 1 is 1.05 bits per heavy atom. The first kappa shape index (κ1) is 21.7. The summed E-state index contributed by atoms with van der Waals surface area (Å²) < 4.78 is 84.7. The van der Waals surface area contributed by atoms with Crippen LogP contribution in [0.3, 0.4) is 0 Å². The average Bonchev–Trinajstić information content (AvgIpc) is 2.36. The Kier molecular flexibility index (Phi) is 6.96. The average molecular weight is 365 g/mol. The Morgan fingerprint density at radius 3 is 1.68 bits per heavy atom. The van der Waals surface area contributed by atoms with Gasteiger partial charge in [-0.1, -0.05) is 27.7 Å². The van der Waals surface area contributed by atoms with Gasteiger partial charge in [0.2, 0.25) is 10.0 Å². The lowest BCUT2D eigenvalue weighted by molar-refractivity contribution is -0.0463. The van der Waals surface area contributed by atoms with Crippen molar-refractivity contribution in [1.29, 1.82) is 0 Å². The Bertz CT molecular complexity index is 572. The van der Waals surface area contributed by atoms with Crippen LogP contribution in [0, 0.1) is 0 Å². The van der Waals surface area contributed by atoms with Crippen molar-refractivity contribution in [3.63, 3.8) is 0 Å². The van der Waals surface area contributed by atoms with Gasteiger partial charge in [0.05, 0.1) is 0 Å². The first-order valence-corrected chi connectivity index (χ1v) is 10.1. The first-order valence-electron chi connectivity index (χ1n) is 7.11. The zero-order valence-electron chi connectivity index (χ0n) is 13.5. The van der Waals surface area contributed by atoms with Crippen LogP contribution in [0.15, 0.2) is 0 Å². The summed E-state index contributed by atoms with van der Waals surface area (Å²) in [6.07, 6.45) is -1.10. The van der Waals surface area contributed by atoms with Crippen LogP contribution >= 0.6 is 0 Å². The predicted octanol–water partition coefficient (Wildman–Crippen LogP) is 2.13. The van der Waals surface area contributed by atoms with E-state index in [9.17, 15) is 25.6 Å². The molecule has 0 aromatic rings. The molecule has 134 valence electrons. The van der Waals surface area contributed by atoms with E-state index in [4.69, 9.17) is 4.55 Å². The summed E-state index contributed by atoms with van der Waals surface area (Å²) in [7, 11) is -9.58. The maximum atomic E-state index is 14.8. The number of nitrogens with zero attached hydrogens (tertiary/aromatic N) is 1. The summed E-state index contributed by atoms with van der Waals surface area (Å²) in [6.45, 7) is 6.25. The lowest BCUT2D eigenvalue weighted by atomic mass is 9.95. The normalized spacial score (nSPS) is 18.2. The standard InChI is InChI=1S/C12H25F2NO5S2/c1-6-10(21(16,17)18)12(13,14)11(5,7-2)22(19,20)15(8-3)9-4/h10H,6-9H2,1-5H3,(H,16,17,18). The summed E-state index contributed by atoms with van der Waals surface area (Å²) in [5, 5.41) is -2.48. The van der Waals surface area contributed by atoms with E-state index >= 15 is 0 Å². The van der Waals surface area contributed by atoms with Crippen LogP contribution < -0.4 is 0 Å². The molecule has 0 aromatic carbocycles.